The first kappa shape index (κ1) is 11.3. The van der Waals surface area contributed by atoms with E-state index in [0.29, 0.717) is 40.6 Å². The maximum absolute atomic E-state index is 11.7. The maximum atomic E-state index is 11.7. The summed E-state index contributed by atoms with van der Waals surface area (Å²) in [5.74, 6) is 0.318. The number of benzene rings is 1. The molecule has 1 aliphatic carbocycles. The van der Waals surface area contributed by atoms with Gasteiger partial charge >= 0.3 is 0 Å². The van der Waals surface area contributed by atoms with Gasteiger partial charge in [0.2, 0.25) is 0 Å². The van der Waals surface area contributed by atoms with Crippen LogP contribution in [0.25, 0.3) is 11.4 Å². The summed E-state index contributed by atoms with van der Waals surface area (Å²) in [6.45, 7) is 0. The first-order chi connectivity index (χ1) is 8.68. The molecule has 92 valence electrons. The van der Waals surface area contributed by atoms with E-state index in [0.717, 1.165) is 11.2 Å². The van der Waals surface area contributed by atoms with Gasteiger partial charge < -0.3 is 5.21 Å². The fraction of sp³-hybridized carbons (Fsp3) is 0.231. The van der Waals surface area contributed by atoms with Crippen LogP contribution in [0.15, 0.2) is 24.3 Å². The van der Waals surface area contributed by atoms with Crippen LogP contribution in [0.2, 0.25) is 5.02 Å². The van der Waals surface area contributed by atoms with E-state index in [1.54, 1.807) is 12.1 Å². The van der Waals surface area contributed by atoms with Gasteiger partial charge in [0.1, 0.15) is 5.69 Å². The van der Waals surface area contributed by atoms with E-state index in [9.17, 15) is 10.0 Å². The number of rotatable bonds is 1. The molecule has 0 amide bonds. The third-order valence-corrected chi connectivity index (χ3v) is 3.47. The number of nitrogens with zero attached hydrogens (tertiary/aromatic N) is 2. The lowest BCUT2D eigenvalue weighted by Gasteiger charge is -2.09. The molecule has 0 radical (unpaired) electrons. The van der Waals surface area contributed by atoms with Crippen LogP contribution in [-0.4, -0.2) is 20.7 Å². The fourth-order valence-corrected chi connectivity index (χ4v) is 2.47. The molecule has 3 rings (SSSR count). The number of hydrogen-bond donors (Lipinski definition) is 1. The van der Waals surface area contributed by atoms with Crippen LogP contribution < -0.4 is 0 Å². The predicted octanol–water partition coefficient (Wildman–Crippen LogP) is 2.96. The van der Waals surface area contributed by atoms with Crippen molar-refractivity contribution < 1.29 is 10.0 Å². The summed E-state index contributed by atoms with van der Waals surface area (Å²) < 4.78 is 0.994. The molecule has 0 unspecified atom stereocenters. The average molecular weight is 263 g/mol. The summed E-state index contributed by atoms with van der Waals surface area (Å²) in [4.78, 5) is 16.0. The Kier molecular flexibility index (Phi) is 2.59. The molecule has 4 nitrogen and oxygen atoms in total. The van der Waals surface area contributed by atoms with Crippen molar-refractivity contribution in [2.45, 2.75) is 19.3 Å². The van der Waals surface area contributed by atoms with E-state index in [1.807, 2.05) is 12.1 Å². The first-order valence-electron chi connectivity index (χ1n) is 5.77. The third kappa shape index (κ3) is 1.61. The number of ketones is 1. The van der Waals surface area contributed by atoms with Crippen LogP contribution in [0.3, 0.4) is 0 Å². The second kappa shape index (κ2) is 4.14. The van der Waals surface area contributed by atoms with Crippen molar-refractivity contribution >= 4 is 17.4 Å². The SMILES string of the molecule is O=C1CCCc2c1nc(-c1ccccc1Cl)n2O. The normalized spacial score (nSPS) is 14.6. The molecule has 0 atom stereocenters. The number of carbonyl (C=O) groups excluding carboxylic acids is 1. The van der Waals surface area contributed by atoms with Crippen LogP contribution in [0.1, 0.15) is 29.0 Å². The van der Waals surface area contributed by atoms with Gasteiger partial charge in [-0.15, -0.1) is 0 Å². The number of imidazole rings is 1. The lowest BCUT2D eigenvalue weighted by atomic mass is 10.0. The molecule has 5 heteroatoms. The summed E-state index contributed by atoms with van der Waals surface area (Å²) in [6, 6.07) is 7.12. The quantitative estimate of drug-likeness (QED) is 0.804. The smallest absolute Gasteiger partial charge is 0.183 e. The zero-order valence-corrected chi connectivity index (χ0v) is 10.3. The second-order valence-electron chi connectivity index (χ2n) is 4.30. The average Bonchev–Trinajstić information content (AvgIpc) is 2.70. The third-order valence-electron chi connectivity index (χ3n) is 3.14. The van der Waals surface area contributed by atoms with E-state index >= 15 is 0 Å². The minimum atomic E-state index is -0.0163. The Morgan fingerprint density at radius 1 is 1.28 bits per heavy atom. The fourth-order valence-electron chi connectivity index (χ4n) is 2.25. The standard InChI is InChI=1S/C13H11ClN2O2/c14-9-5-2-1-4-8(9)13-15-12-10(16(13)18)6-3-7-11(12)17/h1-2,4-5,18H,3,6-7H2. The van der Waals surface area contributed by atoms with Crippen molar-refractivity contribution in [3.05, 3.63) is 40.7 Å². The highest BCUT2D eigenvalue weighted by Gasteiger charge is 2.26. The van der Waals surface area contributed by atoms with E-state index in [2.05, 4.69) is 4.98 Å². The Labute approximate surface area is 109 Å². The van der Waals surface area contributed by atoms with Crippen molar-refractivity contribution in [2.75, 3.05) is 0 Å². The molecule has 18 heavy (non-hydrogen) atoms. The number of aromatic nitrogens is 2. The molecule has 0 spiro atoms. The van der Waals surface area contributed by atoms with Gasteiger partial charge in [0.05, 0.1) is 10.7 Å². The summed E-state index contributed by atoms with van der Waals surface area (Å²) in [7, 11) is 0. The van der Waals surface area contributed by atoms with Gasteiger partial charge in [-0.05, 0) is 25.0 Å². The lowest BCUT2D eigenvalue weighted by molar-refractivity contribution is 0.0960. The van der Waals surface area contributed by atoms with Crippen LogP contribution in [0.4, 0.5) is 0 Å². The topological polar surface area (TPSA) is 55.1 Å². The molecule has 0 aliphatic heterocycles. The molecule has 0 bridgehead atoms. The second-order valence-corrected chi connectivity index (χ2v) is 4.71. The Hall–Kier alpha value is -1.81. The van der Waals surface area contributed by atoms with Gasteiger partial charge in [-0.25, -0.2) is 4.98 Å². The maximum Gasteiger partial charge on any atom is 0.183 e. The zero-order valence-electron chi connectivity index (χ0n) is 9.56. The van der Waals surface area contributed by atoms with Gasteiger partial charge in [0.25, 0.3) is 0 Å². The number of fused-ring (bicyclic) bond motifs is 1. The summed E-state index contributed by atoms with van der Waals surface area (Å²) in [6.07, 6.45) is 1.90. The Bertz CT molecular complexity index is 634. The van der Waals surface area contributed by atoms with Gasteiger partial charge in [-0.1, -0.05) is 23.7 Å². The van der Waals surface area contributed by atoms with Gasteiger partial charge in [0.15, 0.2) is 11.6 Å². The minimum absolute atomic E-state index is 0.0163. The van der Waals surface area contributed by atoms with Crippen LogP contribution in [0, 0.1) is 0 Å². The largest absolute Gasteiger partial charge is 0.427 e. The molecule has 1 N–H and O–H groups in total. The molecule has 1 aromatic heterocycles. The van der Waals surface area contributed by atoms with Gasteiger partial charge in [-0.2, -0.15) is 4.73 Å². The summed E-state index contributed by atoms with van der Waals surface area (Å²) in [5, 5.41) is 10.6. The summed E-state index contributed by atoms with van der Waals surface area (Å²) >= 11 is 6.08. The predicted molar refractivity (Wildman–Crippen MR) is 67.1 cm³/mol. The highest BCUT2D eigenvalue weighted by atomic mass is 35.5. The number of Topliss-reactive ketones (excluding diaryl/α,β-unsaturated/α-hetero) is 1. The molecule has 1 heterocycles. The monoisotopic (exact) mass is 262 g/mol. The van der Waals surface area contributed by atoms with E-state index in [-0.39, 0.29) is 5.78 Å². The minimum Gasteiger partial charge on any atom is -0.427 e. The van der Waals surface area contributed by atoms with E-state index in [1.165, 1.54) is 0 Å². The van der Waals surface area contributed by atoms with Crippen molar-refractivity contribution in [2.24, 2.45) is 0 Å². The van der Waals surface area contributed by atoms with Crippen molar-refractivity contribution in [3.8, 4) is 11.4 Å². The van der Waals surface area contributed by atoms with Gasteiger partial charge in [-0.3, -0.25) is 4.79 Å². The van der Waals surface area contributed by atoms with Crippen LogP contribution >= 0.6 is 11.6 Å². The Balaban J connectivity index is 2.20. The number of halogens is 1. The Morgan fingerprint density at radius 3 is 2.78 bits per heavy atom. The van der Waals surface area contributed by atoms with Crippen molar-refractivity contribution in [1.29, 1.82) is 0 Å². The summed E-state index contributed by atoms with van der Waals surface area (Å²) in [5.41, 5.74) is 1.59. The molecular weight excluding hydrogens is 252 g/mol. The number of carbonyl (C=O) groups is 1. The van der Waals surface area contributed by atoms with Crippen LogP contribution in [-0.2, 0) is 6.42 Å². The highest BCUT2D eigenvalue weighted by molar-refractivity contribution is 6.33. The van der Waals surface area contributed by atoms with Gasteiger partial charge in [0, 0.05) is 12.0 Å². The zero-order chi connectivity index (χ0) is 12.7. The number of hydrogen-bond acceptors (Lipinski definition) is 3. The first-order valence-corrected chi connectivity index (χ1v) is 6.15. The van der Waals surface area contributed by atoms with Crippen molar-refractivity contribution in [3.63, 3.8) is 0 Å². The Morgan fingerprint density at radius 2 is 2.06 bits per heavy atom. The van der Waals surface area contributed by atoms with E-state index in [4.69, 9.17) is 11.6 Å². The lowest BCUT2D eigenvalue weighted by Crippen LogP contribution is -2.12. The molecule has 0 saturated carbocycles. The molecule has 2 aromatic rings. The molecule has 0 fully saturated rings. The molecule has 0 saturated heterocycles. The molecular formula is C13H11ClN2O2. The molecule has 1 aromatic carbocycles. The van der Waals surface area contributed by atoms with Crippen LogP contribution in [0.5, 0.6) is 0 Å². The van der Waals surface area contributed by atoms with Crippen molar-refractivity contribution in [1.82, 2.24) is 9.71 Å². The highest BCUT2D eigenvalue weighted by Crippen LogP contribution is 2.30. The van der Waals surface area contributed by atoms with E-state index < -0.39 is 0 Å². The molecule has 1 aliphatic rings.